The zero-order chi connectivity index (χ0) is 16.2. The fourth-order valence-corrected chi connectivity index (χ4v) is 3.90. The van der Waals surface area contributed by atoms with Gasteiger partial charge in [0.15, 0.2) is 10.1 Å². The lowest BCUT2D eigenvalue weighted by atomic mass is 10.1. The third-order valence-electron chi connectivity index (χ3n) is 2.77. The number of rotatable bonds is 6. The number of halogens is 2. The van der Waals surface area contributed by atoms with Crippen molar-refractivity contribution in [3.05, 3.63) is 51.5 Å². The molecule has 0 saturated carbocycles. The molecule has 3 aromatic rings. The Morgan fingerprint density at radius 2 is 2.17 bits per heavy atom. The van der Waals surface area contributed by atoms with Gasteiger partial charge in [0.25, 0.3) is 0 Å². The fraction of sp³-hybridized carbons (Fsp3) is 0.154. The summed E-state index contributed by atoms with van der Waals surface area (Å²) < 4.78 is 2.37. The first-order valence-electron chi connectivity index (χ1n) is 6.37. The van der Waals surface area contributed by atoms with Gasteiger partial charge in [0.1, 0.15) is 17.7 Å². The maximum absolute atomic E-state index is 12.2. The van der Waals surface area contributed by atoms with E-state index < -0.39 is 0 Å². The molecule has 10 heteroatoms. The molecule has 118 valence electrons. The molecule has 1 aromatic carbocycles. The maximum Gasteiger partial charge on any atom is 0.174 e. The van der Waals surface area contributed by atoms with E-state index in [9.17, 15) is 4.79 Å². The van der Waals surface area contributed by atoms with Gasteiger partial charge in [-0.3, -0.25) is 4.79 Å². The Bertz CT molecular complexity index is 822. The molecule has 0 amide bonds. The second kappa shape index (κ2) is 7.39. The Morgan fingerprint density at radius 1 is 1.30 bits per heavy atom. The van der Waals surface area contributed by atoms with E-state index in [2.05, 4.69) is 20.3 Å². The Hall–Kier alpha value is -1.48. The third-order valence-corrected chi connectivity index (χ3v) is 5.37. The van der Waals surface area contributed by atoms with Crippen molar-refractivity contribution in [1.82, 2.24) is 25.0 Å². The topological polar surface area (TPSA) is 73.6 Å². The lowest BCUT2D eigenvalue weighted by Crippen LogP contribution is -2.03. The first kappa shape index (κ1) is 16.4. The molecular weight excluding hydrogens is 377 g/mol. The molecule has 0 fully saturated rings. The van der Waals surface area contributed by atoms with Crippen LogP contribution >= 0.6 is 46.3 Å². The smallest absolute Gasteiger partial charge is 0.174 e. The van der Waals surface area contributed by atoms with Crippen LogP contribution in [0.15, 0.2) is 35.2 Å². The number of ketones is 1. The minimum absolute atomic E-state index is 0.101. The van der Waals surface area contributed by atoms with Crippen LogP contribution in [0.5, 0.6) is 0 Å². The minimum atomic E-state index is -0.101. The quantitative estimate of drug-likeness (QED) is 0.477. The van der Waals surface area contributed by atoms with Crippen LogP contribution in [0.2, 0.25) is 10.0 Å². The van der Waals surface area contributed by atoms with Crippen LogP contribution in [0, 0.1) is 0 Å². The summed E-state index contributed by atoms with van der Waals surface area (Å²) in [5.41, 5.74) is 0.416. The van der Waals surface area contributed by atoms with E-state index in [0.29, 0.717) is 26.5 Å². The predicted octanol–water partition coefficient (Wildman–Crippen LogP) is 3.46. The molecule has 0 atom stereocenters. The second-order valence-corrected chi connectivity index (χ2v) is 7.52. The van der Waals surface area contributed by atoms with Crippen molar-refractivity contribution in [2.24, 2.45) is 0 Å². The summed E-state index contributed by atoms with van der Waals surface area (Å²) in [6, 6.07) is 4.83. The molecule has 6 nitrogen and oxygen atoms in total. The monoisotopic (exact) mass is 385 g/mol. The van der Waals surface area contributed by atoms with Gasteiger partial charge in [-0.25, -0.2) is 9.67 Å². The van der Waals surface area contributed by atoms with E-state index in [0.717, 1.165) is 5.01 Å². The number of hydrogen-bond acceptors (Lipinski definition) is 7. The molecule has 2 aromatic heterocycles. The number of aromatic nitrogens is 5. The van der Waals surface area contributed by atoms with Crippen molar-refractivity contribution in [1.29, 1.82) is 0 Å². The Kier molecular flexibility index (Phi) is 5.27. The maximum atomic E-state index is 12.2. The highest BCUT2D eigenvalue weighted by atomic mass is 35.5. The van der Waals surface area contributed by atoms with E-state index in [1.54, 1.807) is 29.2 Å². The number of nitrogens with zero attached hydrogens (tertiary/aromatic N) is 5. The third kappa shape index (κ3) is 4.29. The van der Waals surface area contributed by atoms with Crippen LogP contribution in [0.3, 0.4) is 0 Å². The van der Waals surface area contributed by atoms with E-state index in [-0.39, 0.29) is 11.5 Å². The van der Waals surface area contributed by atoms with Crippen molar-refractivity contribution in [2.75, 3.05) is 5.75 Å². The highest BCUT2D eigenvalue weighted by Gasteiger charge is 2.13. The van der Waals surface area contributed by atoms with Gasteiger partial charge in [-0.2, -0.15) is 5.10 Å². The van der Waals surface area contributed by atoms with Crippen LogP contribution in [0.1, 0.15) is 15.4 Å². The average molecular weight is 386 g/mol. The van der Waals surface area contributed by atoms with Crippen molar-refractivity contribution in [3.63, 3.8) is 0 Å². The summed E-state index contributed by atoms with van der Waals surface area (Å²) >= 11 is 14.7. The molecule has 0 aliphatic carbocycles. The normalized spacial score (nSPS) is 10.9. The molecule has 0 N–H and O–H groups in total. The van der Waals surface area contributed by atoms with Gasteiger partial charge in [-0.1, -0.05) is 46.3 Å². The number of carbonyl (C=O) groups excluding carboxylic acids is 1. The van der Waals surface area contributed by atoms with Crippen molar-refractivity contribution < 1.29 is 4.79 Å². The van der Waals surface area contributed by atoms with Crippen LogP contribution in [0.25, 0.3) is 0 Å². The summed E-state index contributed by atoms with van der Waals surface area (Å²) in [6.07, 6.45) is 3.07. The van der Waals surface area contributed by atoms with Crippen LogP contribution in [0.4, 0.5) is 0 Å². The van der Waals surface area contributed by atoms with Gasteiger partial charge in [-0.05, 0) is 18.2 Å². The summed E-state index contributed by atoms with van der Waals surface area (Å²) in [4.78, 5) is 16.1. The summed E-state index contributed by atoms with van der Waals surface area (Å²) in [6.45, 7) is 0.506. The second-order valence-electron chi connectivity index (χ2n) is 4.39. The molecule has 0 bridgehead atoms. The number of hydrogen-bond donors (Lipinski definition) is 0. The molecule has 0 spiro atoms. The molecule has 23 heavy (non-hydrogen) atoms. The Balaban J connectivity index is 1.61. The Morgan fingerprint density at radius 3 is 2.96 bits per heavy atom. The number of thioether (sulfide) groups is 1. The van der Waals surface area contributed by atoms with Gasteiger partial charge in [-0.15, -0.1) is 10.2 Å². The SMILES string of the molecule is O=C(CSc1nnc(Cn2cncn2)s1)c1cc(Cl)ccc1Cl. The number of Topliss-reactive ketones (excluding diaryl/α,β-unsaturated/α-hetero) is 1. The summed E-state index contributed by atoms with van der Waals surface area (Å²) in [5, 5.41) is 13.8. The fourth-order valence-electron chi connectivity index (χ4n) is 1.73. The first-order chi connectivity index (χ1) is 11.1. The van der Waals surface area contributed by atoms with Gasteiger partial charge in [0.2, 0.25) is 0 Å². The largest absolute Gasteiger partial charge is 0.293 e. The zero-order valence-electron chi connectivity index (χ0n) is 11.5. The summed E-state index contributed by atoms with van der Waals surface area (Å²) in [5.74, 6) is 0.119. The van der Waals surface area contributed by atoms with E-state index in [1.807, 2.05) is 0 Å². The van der Waals surface area contributed by atoms with Crippen LogP contribution < -0.4 is 0 Å². The van der Waals surface area contributed by atoms with Crippen molar-refractivity contribution in [3.8, 4) is 0 Å². The lowest BCUT2D eigenvalue weighted by Gasteiger charge is -2.02. The molecule has 3 rings (SSSR count). The highest BCUT2D eigenvalue weighted by molar-refractivity contribution is 8.01. The molecule has 2 heterocycles. The molecule has 0 radical (unpaired) electrons. The van der Waals surface area contributed by atoms with E-state index in [1.165, 1.54) is 29.4 Å². The van der Waals surface area contributed by atoms with Gasteiger partial charge < -0.3 is 0 Å². The van der Waals surface area contributed by atoms with Gasteiger partial charge in [0.05, 0.1) is 17.3 Å². The van der Waals surface area contributed by atoms with Crippen LogP contribution in [-0.2, 0) is 6.54 Å². The van der Waals surface area contributed by atoms with Crippen LogP contribution in [-0.4, -0.2) is 36.5 Å². The molecule has 0 aliphatic heterocycles. The van der Waals surface area contributed by atoms with Gasteiger partial charge in [0, 0.05) is 10.6 Å². The van der Waals surface area contributed by atoms with Crippen molar-refractivity contribution in [2.45, 2.75) is 10.9 Å². The predicted molar refractivity (Wildman–Crippen MR) is 90.5 cm³/mol. The Labute approximate surface area is 149 Å². The zero-order valence-corrected chi connectivity index (χ0v) is 14.7. The molecule has 0 aliphatic rings. The molecule has 0 unspecified atom stereocenters. The minimum Gasteiger partial charge on any atom is -0.293 e. The highest BCUT2D eigenvalue weighted by Crippen LogP contribution is 2.26. The van der Waals surface area contributed by atoms with E-state index >= 15 is 0 Å². The lowest BCUT2D eigenvalue weighted by molar-refractivity contribution is 0.102. The standard InChI is InChI=1S/C13H9Cl2N5OS2/c14-8-1-2-10(15)9(3-8)11(21)5-22-13-19-18-12(23-13)4-20-7-16-6-17-20/h1-3,6-7H,4-5H2. The van der Waals surface area contributed by atoms with E-state index in [4.69, 9.17) is 23.2 Å². The summed E-state index contributed by atoms with van der Waals surface area (Å²) in [7, 11) is 0. The average Bonchev–Trinajstić information content (AvgIpc) is 3.20. The van der Waals surface area contributed by atoms with Crippen molar-refractivity contribution >= 4 is 52.1 Å². The molecular formula is C13H9Cl2N5OS2. The number of benzene rings is 1. The number of carbonyl (C=O) groups is 1. The first-order valence-corrected chi connectivity index (χ1v) is 8.93. The van der Waals surface area contributed by atoms with Gasteiger partial charge >= 0.3 is 0 Å². The molecule has 0 saturated heterocycles.